The molecule has 0 aliphatic heterocycles. The number of carbonyl (C=O) groups excluding carboxylic acids is 6. The Morgan fingerprint density at radius 3 is 0.988 bits per heavy atom. The number of hydrogen-bond acceptors (Lipinski definition) is 14. The number of alkyl halides is 2. The van der Waals surface area contributed by atoms with Gasteiger partial charge in [-0.2, -0.15) is 0 Å². The summed E-state index contributed by atoms with van der Waals surface area (Å²) in [5, 5.41) is 14.3. The number of thioether (sulfide) groups is 4. The average Bonchev–Trinajstić information content (AvgIpc) is 2.86. The zero-order chi connectivity index (χ0) is 62.4. The maximum Gasteiger partial charge on any atom is 0.322 e. The van der Waals surface area contributed by atoms with E-state index in [9.17, 15) is 28.8 Å². The number of esters is 1. The van der Waals surface area contributed by atoms with E-state index in [2.05, 4.69) is 183 Å². The zero-order valence-corrected chi connectivity index (χ0v) is 59.5. The van der Waals surface area contributed by atoms with Gasteiger partial charge >= 0.3 is 5.97 Å². The van der Waals surface area contributed by atoms with Crippen LogP contribution in [0, 0.1) is 39.5 Å². The molecular formula is C66H78Br4N2O10S4. The summed E-state index contributed by atoms with van der Waals surface area (Å²) in [5.74, 6) is 1.64. The van der Waals surface area contributed by atoms with Gasteiger partial charge in [-0.1, -0.05) is 127 Å². The van der Waals surface area contributed by atoms with E-state index in [1.807, 2.05) is 0 Å². The largest absolute Gasteiger partial charge is 0.462 e. The first-order valence-corrected chi connectivity index (χ1v) is 33.9. The molecule has 0 saturated heterocycles. The molecule has 0 bridgehead atoms. The number of ketones is 2. The van der Waals surface area contributed by atoms with Gasteiger partial charge in [0.05, 0.1) is 37.4 Å². The molecule has 0 aliphatic rings. The number of nitrogens with one attached hydrogen (secondary N) is 2. The third-order valence-electron chi connectivity index (χ3n) is 12.2. The molecule has 0 saturated carbocycles. The van der Waals surface area contributed by atoms with Crippen molar-refractivity contribution in [3.05, 3.63) is 190 Å². The lowest BCUT2D eigenvalue weighted by molar-refractivity contribution is -0.146. The monoisotopic (exact) mass is 1500 g/mol. The van der Waals surface area contributed by atoms with E-state index in [1.54, 1.807) is 123 Å². The van der Waals surface area contributed by atoms with E-state index >= 15 is 0 Å². The lowest BCUT2D eigenvalue weighted by Gasteiger charge is -2.16. The minimum atomic E-state index is -0.733. The van der Waals surface area contributed by atoms with Crippen LogP contribution in [0.25, 0.3) is 0 Å². The van der Waals surface area contributed by atoms with Crippen molar-refractivity contribution in [2.75, 3.05) is 75.7 Å². The maximum absolute atomic E-state index is 13.6. The summed E-state index contributed by atoms with van der Waals surface area (Å²) in [6.07, 6.45) is 0. The molecule has 86 heavy (non-hydrogen) atoms. The van der Waals surface area contributed by atoms with E-state index in [0.29, 0.717) is 65.0 Å². The molecule has 0 atom stereocenters. The minimum absolute atomic E-state index is 0. The number of carbonyl (C=O) groups is 6. The number of aliphatic hydroxyl groups excluding tert-OH is 1. The Kier molecular flexibility index (Phi) is 35.9. The highest BCUT2D eigenvalue weighted by Gasteiger charge is 2.26. The Morgan fingerprint density at radius 2 is 0.721 bits per heavy atom. The highest BCUT2D eigenvalue weighted by molar-refractivity contribution is 9.20. The second-order valence-corrected chi connectivity index (χ2v) is 29.6. The highest BCUT2D eigenvalue weighted by atomic mass is 79.9. The number of aliphatic hydroxyl groups is 1. The van der Waals surface area contributed by atoms with Crippen molar-refractivity contribution in [2.24, 2.45) is 11.8 Å². The van der Waals surface area contributed by atoms with Gasteiger partial charge in [-0.3, -0.25) is 28.8 Å². The van der Waals surface area contributed by atoms with Gasteiger partial charge in [0.2, 0.25) is 4.69 Å². The molecule has 0 aromatic heterocycles. The normalized spacial score (nSPS) is 11.1. The molecule has 6 rings (SSSR count). The van der Waals surface area contributed by atoms with E-state index in [1.165, 1.54) is 22.3 Å². The van der Waals surface area contributed by atoms with Gasteiger partial charge < -0.3 is 30.0 Å². The summed E-state index contributed by atoms with van der Waals surface area (Å²) < 4.78 is 14.5. The van der Waals surface area contributed by atoms with Gasteiger partial charge in [0, 0.05) is 89.8 Å². The van der Waals surface area contributed by atoms with Crippen LogP contribution in [-0.4, -0.2) is 124 Å². The first-order valence-electron chi connectivity index (χ1n) is 27.6. The number of Topliss-reactive ketones (excluding diaryl/α,β-unsaturated/α-hetero) is 2. The lowest BCUT2D eigenvalue weighted by Crippen LogP contribution is -2.29. The summed E-state index contributed by atoms with van der Waals surface area (Å²) in [7, 11) is 0. The molecular weight excluding hydrogens is 1430 g/mol. The fraction of sp³-hybridized carbons (Fsp3) is 0.364. The number of hydrogen-bond donors (Lipinski definition) is 3. The molecule has 0 fully saturated rings. The van der Waals surface area contributed by atoms with E-state index in [0.717, 1.165) is 19.6 Å². The summed E-state index contributed by atoms with van der Waals surface area (Å²) >= 11 is 16.0. The van der Waals surface area contributed by atoms with Crippen molar-refractivity contribution >= 4 is 146 Å². The number of halogens is 4. The number of amides is 2. The Balaban J connectivity index is 0.000000404. The molecule has 20 heteroatoms. The molecule has 464 valence electrons. The van der Waals surface area contributed by atoms with Gasteiger partial charge in [-0.25, -0.2) is 0 Å². The topological polar surface area (TPSA) is 174 Å². The van der Waals surface area contributed by atoms with Crippen molar-refractivity contribution in [3.63, 3.8) is 0 Å². The zero-order valence-electron chi connectivity index (χ0n) is 49.8. The van der Waals surface area contributed by atoms with Crippen molar-refractivity contribution < 1.29 is 48.1 Å². The Bertz CT molecular complexity index is 2920. The van der Waals surface area contributed by atoms with Crippen LogP contribution in [0.4, 0.5) is 0 Å². The van der Waals surface area contributed by atoms with Crippen LogP contribution in [0.3, 0.4) is 0 Å². The van der Waals surface area contributed by atoms with Crippen LogP contribution in [0.5, 0.6) is 0 Å². The molecule has 12 nitrogen and oxygen atoms in total. The molecule has 6 aromatic carbocycles. The number of benzene rings is 6. The van der Waals surface area contributed by atoms with Crippen molar-refractivity contribution in [2.45, 2.75) is 83.6 Å². The van der Waals surface area contributed by atoms with E-state index in [-0.39, 0.29) is 95.9 Å². The number of ether oxygens (including phenoxy) is 3. The van der Waals surface area contributed by atoms with Crippen molar-refractivity contribution in [1.82, 2.24) is 10.6 Å². The molecule has 0 radical (unpaired) electrons. The smallest absolute Gasteiger partial charge is 0.322 e. The van der Waals surface area contributed by atoms with Crippen LogP contribution < -0.4 is 10.6 Å². The Morgan fingerprint density at radius 1 is 0.442 bits per heavy atom. The molecule has 0 aliphatic carbocycles. The standard InChI is InChI=1S/C33H38BrNO5S2.C29H33NO4S2.C4H6Br2O.BrH/c1-23-5-13-28(14-6-23)41-21-27(22-42-29-15-7-24(2)8-16-29)30(36)25-9-11-26(12-10-25)31(37)35-17-18-39-19-20-40-32(38)33(3,4)34;1-21-3-11-26(12-4-21)35-19-25(20-36-27-13-5-22(2)6-14-27)28(32)23-7-9-24(10-8-23)29(33)30-15-17-34-18-16-31;1-4(2,6)3(5)7;/h5-16,27H,17-22H2,1-4H3,(H,35,37);3-14,25,31H,15-20H2,1-2H3,(H,30,33);1-2H3;1H. The van der Waals surface area contributed by atoms with Gasteiger partial charge in [0.1, 0.15) is 10.9 Å². The first-order chi connectivity index (χ1) is 40.4. The summed E-state index contributed by atoms with van der Waals surface area (Å²) in [6, 6.07) is 47.1. The van der Waals surface area contributed by atoms with E-state index < -0.39 is 8.65 Å². The second kappa shape index (κ2) is 40.6. The van der Waals surface area contributed by atoms with Crippen LogP contribution in [0.1, 0.15) is 91.4 Å². The third-order valence-corrected chi connectivity index (χ3v) is 19.1. The van der Waals surface area contributed by atoms with Gasteiger partial charge in [-0.05, 0) is 144 Å². The summed E-state index contributed by atoms with van der Waals surface area (Å²) in [5.41, 5.74) is 7.00. The lowest BCUT2D eigenvalue weighted by atomic mass is 9.99. The van der Waals surface area contributed by atoms with Crippen LogP contribution in [0.2, 0.25) is 0 Å². The predicted octanol–water partition coefficient (Wildman–Crippen LogP) is 15.2. The average molecular weight is 1510 g/mol. The van der Waals surface area contributed by atoms with Crippen LogP contribution >= 0.6 is 112 Å². The van der Waals surface area contributed by atoms with Crippen molar-refractivity contribution in [3.8, 4) is 0 Å². The Hall–Kier alpha value is -4.06. The second-order valence-electron chi connectivity index (χ2n) is 20.6. The fourth-order valence-electron chi connectivity index (χ4n) is 7.08. The first kappa shape index (κ1) is 76.2. The fourth-order valence-corrected chi connectivity index (χ4v) is 11.5. The molecule has 3 N–H and O–H groups in total. The van der Waals surface area contributed by atoms with Gasteiger partial charge in [0.15, 0.2) is 11.6 Å². The third kappa shape index (κ3) is 30.0. The number of aryl methyl sites for hydroxylation is 4. The quantitative estimate of drug-likeness (QED) is 0.00936. The summed E-state index contributed by atoms with van der Waals surface area (Å²) in [6.45, 7) is 17.1. The highest BCUT2D eigenvalue weighted by Crippen LogP contribution is 2.31. The SMILES string of the molecule is Br.CC(C)(Br)C(=O)Br.Cc1ccc(SCC(CSc2ccc(C)cc2)C(=O)c2ccc(C(=O)NCCOCCO)cc2)cc1.Cc1ccc(SCC(CSc2ccc(C)cc2)C(=O)c2ccc(C(=O)NCCOCCOC(=O)C(C)(C)Br)cc2)cc1. The minimum Gasteiger partial charge on any atom is -0.462 e. The van der Waals surface area contributed by atoms with Crippen molar-refractivity contribution in [1.29, 1.82) is 0 Å². The van der Waals surface area contributed by atoms with Gasteiger partial charge in [0.25, 0.3) is 11.8 Å². The molecule has 2 amide bonds. The molecule has 0 unspecified atom stereocenters. The summed E-state index contributed by atoms with van der Waals surface area (Å²) in [4.78, 5) is 78.6. The molecule has 0 heterocycles. The molecule has 0 spiro atoms. The predicted molar refractivity (Wildman–Crippen MR) is 371 cm³/mol. The van der Waals surface area contributed by atoms with Crippen LogP contribution in [-0.2, 0) is 23.8 Å². The molecule has 6 aromatic rings. The van der Waals surface area contributed by atoms with Gasteiger partial charge in [-0.15, -0.1) is 64.0 Å². The Labute approximate surface area is 560 Å². The maximum atomic E-state index is 13.6. The number of rotatable bonds is 31. The van der Waals surface area contributed by atoms with Crippen LogP contribution in [0.15, 0.2) is 165 Å². The van der Waals surface area contributed by atoms with E-state index in [4.69, 9.17) is 19.3 Å².